The highest BCUT2D eigenvalue weighted by Gasteiger charge is 2.59. The van der Waals surface area contributed by atoms with Crippen LogP contribution in [0.2, 0.25) is 5.02 Å². The maximum Gasteiger partial charge on any atom is 0.410 e. The fourth-order valence-corrected chi connectivity index (χ4v) is 7.47. The number of aryl methyl sites for hydroxylation is 1. The topological polar surface area (TPSA) is 112 Å². The molecule has 5 aliphatic rings. The molecule has 3 heterocycles. The van der Waals surface area contributed by atoms with Gasteiger partial charge in [0.1, 0.15) is 6.10 Å². The van der Waals surface area contributed by atoms with Crippen molar-refractivity contribution in [3.63, 3.8) is 0 Å². The first-order chi connectivity index (χ1) is 15.8. The number of hydrogen-bond acceptors (Lipinski definition) is 5. The number of hydrogen-bond donors (Lipinski definition) is 1. The van der Waals surface area contributed by atoms with E-state index in [9.17, 15) is 14.4 Å². The van der Waals surface area contributed by atoms with Gasteiger partial charge >= 0.3 is 11.8 Å². The fourth-order valence-electron chi connectivity index (χ4n) is 7.32. The van der Waals surface area contributed by atoms with E-state index in [1.165, 1.54) is 10.8 Å². The lowest BCUT2D eigenvalue weighted by Gasteiger charge is -2.58. The van der Waals surface area contributed by atoms with Crippen LogP contribution in [0.5, 0.6) is 0 Å². The standard InChI is InChI=1S/C23H28ClN5O4/c1-27-17-6-15(24)10-26-19(17)29(21(27)31)16-2-3-28(11-16)22(32)33-18-13-4-12-5-14(18)9-23(7-12,8-13)20(25)30/h6,10,12-14,16,18H,2-5,7-9,11H2,1H3,(H2,25,30)/t12?,13?,14?,16-,18?,23?/m1/s1. The monoisotopic (exact) mass is 473 g/mol. The molecule has 3 atom stereocenters. The highest BCUT2D eigenvalue weighted by atomic mass is 35.5. The summed E-state index contributed by atoms with van der Waals surface area (Å²) in [5, 5.41) is 0.473. The van der Waals surface area contributed by atoms with Gasteiger partial charge in [-0.1, -0.05) is 11.6 Å². The molecule has 2 unspecified atom stereocenters. The summed E-state index contributed by atoms with van der Waals surface area (Å²) in [5.74, 6) is 0.742. The summed E-state index contributed by atoms with van der Waals surface area (Å²) in [6.07, 6.45) is 6.08. The van der Waals surface area contributed by atoms with Crippen LogP contribution >= 0.6 is 11.6 Å². The highest BCUT2D eigenvalue weighted by molar-refractivity contribution is 6.31. The van der Waals surface area contributed by atoms with Crippen molar-refractivity contribution >= 4 is 34.8 Å². The van der Waals surface area contributed by atoms with E-state index < -0.39 is 5.41 Å². The van der Waals surface area contributed by atoms with E-state index in [2.05, 4.69) is 4.98 Å². The number of imidazole rings is 1. The summed E-state index contributed by atoms with van der Waals surface area (Å²) in [6, 6.07) is 1.56. The average Bonchev–Trinajstić information content (AvgIpc) is 3.34. The van der Waals surface area contributed by atoms with E-state index in [-0.39, 0.29) is 41.7 Å². The number of nitrogens with two attached hydrogens (primary N) is 1. The van der Waals surface area contributed by atoms with Crippen LogP contribution in [0, 0.1) is 23.2 Å². The molecule has 4 aliphatic carbocycles. The molecule has 176 valence electrons. The van der Waals surface area contributed by atoms with Gasteiger partial charge in [-0.15, -0.1) is 0 Å². The lowest BCUT2D eigenvalue weighted by Crippen LogP contribution is -2.59. The van der Waals surface area contributed by atoms with Crippen molar-refractivity contribution in [2.45, 2.75) is 50.7 Å². The minimum absolute atomic E-state index is 0.148. The van der Waals surface area contributed by atoms with Crippen molar-refractivity contribution in [1.29, 1.82) is 0 Å². The van der Waals surface area contributed by atoms with E-state index in [4.69, 9.17) is 22.1 Å². The number of carbonyl (C=O) groups is 2. The first kappa shape index (κ1) is 21.0. The summed E-state index contributed by atoms with van der Waals surface area (Å²) in [4.78, 5) is 44.3. The van der Waals surface area contributed by atoms with Gasteiger partial charge in [-0.05, 0) is 62.3 Å². The molecule has 7 rings (SSSR count). The number of pyridine rings is 1. The quantitative estimate of drug-likeness (QED) is 0.735. The molecule has 0 radical (unpaired) electrons. The number of likely N-dealkylation sites (tertiary alicyclic amines) is 1. The predicted molar refractivity (Wildman–Crippen MR) is 121 cm³/mol. The Morgan fingerprint density at radius 2 is 1.97 bits per heavy atom. The van der Waals surface area contributed by atoms with Crippen molar-refractivity contribution in [2.75, 3.05) is 13.1 Å². The van der Waals surface area contributed by atoms with Crippen molar-refractivity contribution in [3.8, 4) is 0 Å². The van der Waals surface area contributed by atoms with Crippen LogP contribution in [0.4, 0.5) is 4.79 Å². The summed E-state index contributed by atoms with van der Waals surface area (Å²) in [5.41, 5.74) is 6.45. The largest absolute Gasteiger partial charge is 0.446 e. The number of fused-ring (bicyclic) bond motifs is 1. The fraction of sp³-hybridized carbons (Fsp3) is 0.652. The van der Waals surface area contributed by atoms with Gasteiger partial charge in [0.05, 0.1) is 22.0 Å². The zero-order valence-electron chi connectivity index (χ0n) is 18.6. The second-order valence-corrected chi connectivity index (χ2v) is 11.0. The highest BCUT2D eigenvalue weighted by Crippen LogP contribution is 2.60. The third-order valence-corrected chi connectivity index (χ3v) is 8.84. The van der Waals surface area contributed by atoms with Gasteiger partial charge in [-0.2, -0.15) is 0 Å². The van der Waals surface area contributed by atoms with E-state index in [1.54, 1.807) is 22.6 Å². The molecule has 0 aromatic carbocycles. The molecular weight excluding hydrogens is 446 g/mol. The summed E-state index contributed by atoms with van der Waals surface area (Å²) >= 11 is 6.06. The molecule has 2 aromatic heterocycles. The number of carbonyl (C=O) groups excluding carboxylic acids is 2. The number of primary amides is 1. The molecule has 2 aromatic rings. The Labute approximate surface area is 195 Å². The van der Waals surface area contributed by atoms with E-state index in [0.29, 0.717) is 41.6 Å². The Morgan fingerprint density at radius 1 is 1.24 bits per heavy atom. The Kier molecular flexibility index (Phi) is 4.60. The molecular formula is C23H28ClN5O4. The van der Waals surface area contributed by atoms with Crippen LogP contribution < -0.4 is 11.4 Å². The Bertz CT molecular complexity index is 1210. The SMILES string of the molecule is Cn1c(=O)n([C@@H]2CCN(C(=O)OC3C4CC5CC3CC(C(N)=O)(C5)C4)C2)c2ncc(Cl)cc21. The lowest BCUT2D eigenvalue weighted by atomic mass is 9.48. The summed E-state index contributed by atoms with van der Waals surface area (Å²) in [7, 11) is 1.70. The smallest absolute Gasteiger partial charge is 0.410 e. The third kappa shape index (κ3) is 3.11. The van der Waals surface area contributed by atoms with Crippen LogP contribution in [0.1, 0.15) is 44.6 Å². The van der Waals surface area contributed by atoms with Gasteiger partial charge < -0.3 is 15.4 Å². The Hall–Kier alpha value is -2.55. The molecule has 0 spiro atoms. The minimum atomic E-state index is -0.399. The Morgan fingerprint density at radius 3 is 2.67 bits per heavy atom. The molecule has 5 fully saturated rings. The molecule has 1 aliphatic heterocycles. The number of ether oxygens (including phenoxy) is 1. The molecule has 33 heavy (non-hydrogen) atoms. The average molecular weight is 474 g/mol. The van der Waals surface area contributed by atoms with E-state index in [0.717, 1.165) is 32.1 Å². The molecule has 9 nitrogen and oxygen atoms in total. The second kappa shape index (κ2) is 7.22. The van der Waals surface area contributed by atoms with Crippen molar-refractivity contribution in [2.24, 2.45) is 36.0 Å². The van der Waals surface area contributed by atoms with Crippen molar-refractivity contribution < 1.29 is 14.3 Å². The second-order valence-electron chi connectivity index (χ2n) is 10.6. The zero-order valence-corrected chi connectivity index (χ0v) is 19.3. The van der Waals surface area contributed by atoms with Gasteiger partial charge in [0.25, 0.3) is 0 Å². The Balaban J connectivity index is 1.18. The lowest BCUT2D eigenvalue weighted by molar-refractivity contribution is -0.161. The van der Waals surface area contributed by atoms with Gasteiger partial charge in [0.15, 0.2) is 5.65 Å². The molecule has 2 N–H and O–H groups in total. The number of amides is 2. The van der Waals surface area contributed by atoms with Crippen LogP contribution in [0.25, 0.3) is 11.2 Å². The third-order valence-electron chi connectivity index (χ3n) is 8.63. The number of aromatic nitrogens is 3. The van der Waals surface area contributed by atoms with Crippen molar-refractivity contribution in [3.05, 3.63) is 27.8 Å². The van der Waals surface area contributed by atoms with Crippen LogP contribution in [-0.2, 0) is 16.6 Å². The molecule has 4 saturated carbocycles. The minimum Gasteiger partial charge on any atom is -0.446 e. The van der Waals surface area contributed by atoms with Crippen molar-refractivity contribution in [1.82, 2.24) is 19.0 Å². The maximum atomic E-state index is 13.1. The summed E-state index contributed by atoms with van der Waals surface area (Å²) < 4.78 is 9.27. The van der Waals surface area contributed by atoms with E-state index in [1.807, 2.05) is 0 Å². The first-order valence-corrected chi connectivity index (χ1v) is 12.1. The molecule has 1 saturated heterocycles. The number of nitrogens with zero attached hydrogens (tertiary/aromatic N) is 4. The van der Waals surface area contributed by atoms with Crippen LogP contribution in [0.3, 0.4) is 0 Å². The molecule has 10 heteroatoms. The van der Waals surface area contributed by atoms with Gasteiger partial charge in [-0.3, -0.25) is 13.9 Å². The predicted octanol–water partition coefficient (Wildman–Crippen LogP) is 2.45. The normalized spacial score (nSPS) is 34.8. The van der Waals surface area contributed by atoms with Crippen LogP contribution in [0.15, 0.2) is 17.1 Å². The van der Waals surface area contributed by atoms with Gasteiger partial charge in [0, 0.05) is 26.3 Å². The molecule has 4 bridgehead atoms. The molecule has 2 amide bonds. The van der Waals surface area contributed by atoms with Gasteiger partial charge in [0.2, 0.25) is 5.91 Å². The summed E-state index contributed by atoms with van der Waals surface area (Å²) in [6.45, 7) is 0.924. The first-order valence-electron chi connectivity index (χ1n) is 11.7. The van der Waals surface area contributed by atoms with Crippen LogP contribution in [-0.4, -0.2) is 50.2 Å². The number of halogens is 1. The van der Waals surface area contributed by atoms with Gasteiger partial charge in [-0.25, -0.2) is 14.6 Å². The number of rotatable bonds is 3. The van der Waals surface area contributed by atoms with E-state index >= 15 is 0 Å². The zero-order chi connectivity index (χ0) is 23.1. The maximum absolute atomic E-state index is 13.1.